The van der Waals surface area contributed by atoms with Crippen LogP contribution in [-0.4, -0.2) is 0 Å². The van der Waals surface area contributed by atoms with Crippen LogP contribution in [0.3, 0.4) is 0 Å². The van der Waals surface area contributed by atoms with E-state index in [4.69, 9.17) is 5.73 Å². The van der Waals surface area contributed by atoms with Crippen molar-refractivity contribution in [3.8, 4) is 18.2 Å². The predicted molar refractivity (Wildman–Crippen MR) is 83.4 cm³/mol. The maximum absolute atomic E-state index is 9.75. The molecule has 0 fully saturated rings. The molecule has 0 heterocycles. The van der Waals surface area contributed by atoms with E-state index >= 15 is 0 Å². The lowest BCUT2D eigenvalue weighted by molar-refractivity contribution is 0.182. The van der Waals surface area contributed by atoms with Gasteiger partial charge in [-0.2, -0.15) is 15.8 Å². The maximum Gasteiger partial charge on any atom is 0.187 e. The topological polar surface area (TPSA) is 97.4 Å². The number of hydrogen-bond donors (Lipinski definition) is 1. The highest BCUT2D eigenvalue weighted by Gasteiger charge is 2.53. The van der Waals surface area contributed by atoms with Gasteiger partial charge in [0.1, 0.15) is 6.07 Å². The highest BCUT2D eigenvalue weighted by molar-refractivity contribution is 5.56. The SMILES string of the molecule is CC(C)CC1C2CC(C)CC=C2C(C#N)=C(N)C1(C#N)C#N. The number of nitriles is 3. The molecule has 3 atom stereocenters. The van der Waals surface area contributed by atoms with Gasteiger partial charge in [-0.3, -0.25) is 0 Å². The Morgan fingerprint density at radius 1 is 1.32 bits per heavy atom. The van der Waals surface area contributed by atoms with Crippen molar-refractivity contribution in [2.75, 3.05) is 0 Å². The van der Waals surface area contributed by atoms with Crippen LogP contribution in [-0.2, 0) is 0 Å². The first-order chi connectivity index (χ1) is 10.4. The summed E-state index contributed by atoms with van der Waals surface area (Å²) in [6, 6.07) is 6.47. The second-order valence-electron chi connectivity index (χ2n) is 7.01. The Hall–Kier alpha value is -2.25. The van der Waals surface area contributed by atoms with Gasteiger partial charge in [0, 0.05) is 5.92 Å². The third-order valence-electron chi connectivity index (χ3n) is 5.01. The maximum atomic E-state index is 9.75. The van der Waals surface area contributed by atoms with E-state index in [1.807, 2.05) is 0 Å². The first-order valence-electron chi connectivity index (χ1n) is 7.84. The quantitative estimate of drug-likeness (QED) is 0.843. The van der Waals surface area contributed by atoms with Gasteiger partial charge in [0.2, 0.25) is 0 Å². The van der Waals surface area contributed by atoms with Crippen molar-refractivity contribution in [1.82, 2.24) is 0 Å². The zero-order chi connectivity index (χ0) is 16.5. The molecule has 0 saturated heterocycles. The fourth-order valence-electron chi connectivity index (χ4n) is 3.94. The van der Waals surface area contributed by atoms with Gasteiger partial charge in [0.05, 0.1) is 23.4 Å². The molecule has 2 aliphatic carbocycles. The van der Waals surface area contributed by atoms with Crippen LogP contribution in [0, 0.1) is 63.1 Å². The van der Waals surface area contributed by atoms with E-state index in [9.17, 15) is 15.8 Å². The number of nitrogens with two attached hydrogens (primary N) is 1. The third-order valence-corrected chi connectivity index (χ3v) is 5.01. The zero-order valence-corrected chi connectivity index (χ0v) is 13.4. The van der Waals surface area contributed by atoms with Crippen LogP contribution in [0.2, 0.25) is 0 Å². The molecule has 0 amide bonds. The molecule has 2 N–H and O–H groups in total. The van der Waals surface area contributed by atoms with Gasteiger partial charge in [0.15, 0.2) is 5.41 Å². The summed E-state index contributed by atoms with van der Waals surface area (Å²) in [5.41, 5.74) is 6.27. The number of fused-ring (bicyclic) bond motifs is 1. The van der Waals surface area contributed by atoms with E-state index < -0.39 is 5.41 Å². The molecule has 2 rings (SSSR count). The molecule has 0 saturated carbocycles. The van der Waals surface area contributed by atoms with Crippen molar-refractivity contribution in [2.24, 2.45) is 34.8 Å². The Morgan fingerprint density at radius 3 is 2.45 bits per heavy atom. The van der Waals surface area contributed by atoms with Gasteiger partial charge in [-0.15, -0.1) is 0 Å². The number of rotatable bonds is 2. The van der Waals surface area contributed by atoms with Gasteiger partial charge >= 0.3 is 0 Å². The first kappa shape index (κ1) is 16.1. The van der Waals surface area contributed by atoms with Crippen LogP contribution in [0.15, 0.2) is 22.9 Å². The van der Waals surface area contributed by atoms with E-state index in [1.54, 1.807) is 0 Å². The lowest BCUT2D eigenvalue weighted by Crippen LogP contribution is -2.45. The number of allylic oxidation sites excluding steroid dienone is 4. The second-order valence-corrected chi connectivity index (χ2v) is 7.01. The van der Waals surface area contributed by atoms with E-state index in [-0.39, 0.29) is 17.5 Å². The van der Waals surface area contributed by atoms with Crippen molar-refractivity contribution in [2.45, 2.75) is 40.0 Å². The molecular formula is C18H22N4. The summed E-state index contributed by atoms with van der Waals surface area (Å²) in [5.74, 6) is 0.791. The zero-order valence-electron chi connectivity index (χ0n) is 13.4. The largest absolute Gasteiger partial charge is 0.399 e. The Labute approximate surface area is 132 Å². The molecule has 2 aliphatic rings. The molecule has 0 spiro atoms. The summed E-state index contributed by atoms with van der Waals surface area (Å²) < 4.78 is 0. The van der Waals surface area contributed by atoms with E-state index in [0.717, 1.165) is 24.8 Å². The minimum absolute atomic E-state index is 0.0763. The Balaban J connectivity index is 2.71. The highest BCUT2D eigenvalue weighted by Crippen LogP contribution is 2.53. The molecular weight excluding hydrogens is 272 g/mol. The summed E-state index contributed by atoms with van der Waals surface area (Å²) in [4.78, 5) is 0. The second kappa shape index (κ2) is 5.86. The minimum atomic E-state index is -1.38. The average molecular weight is 294 g/mol. The highest BCUT2D eigenvalue weighted by atomic mass is 14.7. The summed E-state index contributed by atoms with van der Waals surface area (Å²) in [6.45, 7) is 6.36. The van der Waals surface area contributed by atoms with Crippen LogP contribution >= 0.6 is 0 Å². The molecule has 3 unspecified atom stereocenters. The van der Waals surface area contributed by atoms with E-state index in [2.05, 4.69) is 45.1 Å². The fraction of sp³-hybridized carbons (Fsp3) is 0.611. The smallest absolute Gasteiger partial charge is 0.187 e. The molecule has 0 aromatic heterocycles. The summed E-state index contributed by atoms with van der Waals surface area (Å²) in [6.07, 6.45) is 4.68. The normalized spacial score (nSPS) is 29.9. The lowest BCUT2D eigenvalue weighted by Gasteiger charge is -2.45. The first-order valence-corrected chi connectivity index (χ1v) is 7.84. The lowest BCUT2D eigenvalue weighted by atomic mass is 9.56. The molecule has 0 bridgehead atoms. The molecule has 4 nitrogen and oxygen atoms in total. The monoisotopic (exact) mass is 294 g/mol. The van der Waals surface area contributed by atoms with Crippen molar-refractivity contribution in [3.63, 3.8) is 0 Å². The Kier molecular flexibility index (Phi) is 4.30. The van der Waals surface area contributed by atoms with E-state index in [0.29, 0.717) is 17.4 Å². The van der Waals surface area contributed by atoms with Crippen molar-refractivity contribution >= 4 is 0 Å². The molecule has 22 heavy (non-hydrogen) atoms. The molecule has 114 valence electrons. The minimum Gasteiger partial charge on any atom is -0.399 e. The van der Waals surface area contributed by atoms with Gasteiger partial charge in [0.25, 0.3) is 0 Å². The molecule has 0 aliphatic heterocycles. The van der Waals surface area contributed by atoms with Crippen molar-refractivity contribution in [3.05, 3.63) is 22.9 Å². The van der Waals surface area contributed by atoms with Gasteiger partial charge in [-0.25, -0.2) is 0 Å². The number of hydrogen-bond acceptors (Lipinski definition) is 4. The Morgan fingerprint density at radius 2 is 1.95 bits per heavy atom. The summed E-state index contributed by atoms with van der Waals surface area (Å²) in [7, 11) is 0. The van der Waals surface area contributed by atoms with Gasteiger partial charge in [-0.1, -0.05) is 26.8 Å². The number of nitrogens with zero attached hydrogens (tertiary/aromatic N) is 3. The summed E-state index contributed by atoms with van der Waals surface area (Å²) in [5, 5.41) is 29.0. The average Bonchev–Trinajstić information content (AvgIpc) is 2.49. The van der Waals surface area contributed by atoms with Crippen LogP contribution in [0.5, 0.6) is 0 Å². The molecule has 0 radical (unpaired) electrons. The molecule has 0 aromatic carbocycles. The van der Waals surface area contributed by atoms with Gasteiger partial charge in [-0.05, 0) is 42.6 Å². The van der Waals surface area contributed by atoms with Crippen molar-refractivity contribution < 1.29 is 0 Å². The van der Waals surface area contributed by atoms with Crippen LogP contribution in [0.4, 0.5) is 0 Å². The van der Waals surface area contributed by atoms with Crippen LogP contribution in [0.25, 0.3) is 0 Å². The van der Waals surface area contributed by atoms with Gasteiger partial charge < -0.3 is 5.73 Å². The van der Waals surface area contributed by atoms with Crippen LogP contribution in [0.1, 0.15) is 40.0 Å². The molecule has 4 heteroatoms. The van der Waals surface area contributed by atoms with Crippen molar-refractivity contribution in [1.29, 1.82) is 15.8 Å². The third kappa shape index (κ3) is 2.28. The van der Waals surface area contributed by atoms with Crippen LogP contribution < -0.4 is 5.73 Å². The summed E-state index contributed by atoms with van der Waals surface area (Å²) >= 11 is 0. The fourth-order valence-corrected chi connectivity index (χ4v) is 3.94. The predicted octanol–water partition coefficient (Wildman–Crippen LogP) is 3.40. The standard InChI is InChI=1S/C18H22N4/c1-11(2)6-16-14-7-12(3)4-5-13(14)15(8-19)17(22)18(16,9-20)10-21/h5,11-12,14,16H,4,6-7,22H2,1-3H3. The Bertz CT molecular complexity index is 634. The van der Waals surface area contributed by atoms with E-state index in [1.165, 1.54) is 0 Å². The molecule has 0 aromatic rings.